The van der Waals surface area contributed by atoms with Crippen molar-refractivity contribution in [3.8, 4) is 0 Å². The number of carbonyl (C=O) groups is 2. The number of hydrogen-bond acceptors (Lipinski definition) is 3. The summed E-state index contributed by atoms with van der Waals surface area (Å²) in [7, 11) is 0. The molecule has 1 N–H and O–H groups in total. The molecule has 0 radical (unpaired) electrons. The Balaban J connectivity index is 2.52. The van der Waals surface area contributed by atoms with Crippen LogP contribution in [0, 0.1) is 0 Å². The second-order valence-electron chi connectivity index (χ2n) is 3.83. The van der Waals surface area contributed by atoms with E-state index in [0.717, 1.165) is 0 Å². The topological polar surface area (TPSA) is 66.8 Å². The molecule has 1 amide bonds. The summed E-state index contributed by atoms with van der Waals surface area (Å²) in [6.07, 6.45) is 1.66. The Bertz CT molecular complexity index is 289. The minimum atomic E-state index is -0.904. The largest absolute Gasteiger partial charge is 0.481 e. The fourth-order valence-electron chi connectivity index (χ4n) is 1.63. The highest BCUT2D eigenvalue weighted by Gasteiger charge is 2.45. The van der Waals surface area contributed by atoms with Gasteiger partial charge < -0.3 is 14.7 Å². The van der Waals surface area contributed by atoms with Gasteiger partial charge in [0.2, 0.25) is 0 Å². The number of nitrogens with zero attached hydrogens (tertiary/aromatic N) is 1. The van der Waals surface area contributed by atoms with Crippen LogP contribution in [-0.4, -0.2) is 40.8 Å². The van der Waals surface area contributed by atoms with Crippen molar-refractivity contribution in [1.29, 1.82) is 0 Å². The summed E-state index contributed by atoms with van der Waals surface area (Å²) in [6, 6.07) is 0. The van der Waals surface area contributed by atoms with Gasteiger partial charge in [-0.1, -0.05) is 12.7 Å². The molecular weight excluding hydrogens is 198 g/mol. The molecule has 0 aliphatic carbocycles. The van der Waals surface area contributed by atoms with Gasteiger partial charge in [0.05, 0.1) is 12.0 Å². The van der Waals surface area contributed by atoms with E-state index in [1.807, 2.05) is 0 Å². The number of carboxylic acids is 1. The van der Waals surface area contributed by atoms with Gasteiger partial charge in [-0.15, -0.1) is 0 Å². The molecule has 1 aliphatic heterocycles. The predicted molar refractivity (Wildman–Crippen MR) is 53.5 cm³/mol. The number of ether oxygens (including phenoxy) is 1. The molecule has 0 aromatic heterocycles. The zero-order valence-corrected chi connectivity index (χ0v) is 8.73. The summed E-state index contributed by atoms with van der Waals surface area (Å²) >= 11 is 0. The van der Waals surface area contributed by atoms with E-state index in [-0.39, 0.29) is 13.0 Å². The van der Waals surface area contributed by atoms with Crippen LogP contribution in [-0.2, 0) is 9.53 Å². The third-order valence-corrected chi connectivity index (χ3v) is 2.60. The molecule has 1 heterocycles. The van der Waals surface area contributed by atoms with Gasteiger partial charge in [-0.3, -0.25) is 4.79 Å². The first-order chi connectivity index (χ1) is 6.99. The van der Waals surface area contributed by atoms with E-state index < -0.39 is 17.6 Å². The van der Waals surface area contributed by atoms with Crippen LogP contribution in [0.2, 0.25) is 0 Å². The molecule has 5 heteroatoms. The molecule has 1 fully saturated rings. The van der Waals surface area contributed by atoms with Gasteiger partial charge in [0.1, 0.15) is 6.61 Å². The quantitative estimate of drug-likeness (QED) is 0.713. The lowest BCUT2D eigenvalue weighted by Gasteiger charge is -2.48. The number of aliphatic carboxylic acids is 1. The van der Waals surface area contributed by atoms with Crippen molar-refractivity contribution in [2.45, 2.75) is 25.3 Å². The molecular formula is C10H15NO4. The van der Waals surface area contributed by atoms with E-state index in [1.165, 1.54) is 11.0 Å². The van der Waals surface area contributed by atoms with Crippen molar-refractivity contribution in [1.82, 2.24) is 4.90 Å². The van der Waals surface area contributed by atoms with Crippen molar-refractivity contribution in [3.05, 3.63) is 12.7 Å². The van der Waals surface area contributed by atoms with E-state index in [1.54, 1.807) is 6.92 Å². The normalized spacial score (nSPS) is 24.2. The second-order valence-corrected chi connectivity index (χ2v) is 3.83. The Hall–Kier alpha value is -1.52. The Morgan fingerprint density at radius 2 is 2.33 bits per heavy atom. The summed E-state index contributed by atoms with van der Waals surface area (Å²) in [5, 5.41) is 8.69. The fourth-order valence-corrected chi connectivity index (χ4v) is 1.63. The SMILES string of the molecule is C=CCOC(=O)N1CCC1(C)CC(=O)O. The zero-order valence-electron chi connectivity index (χ0n) is 8.73. The molecule has 0 spiro atoms. The average Bonchev–Trinajstić information content (AvgIpc) is 2.12. The van der Waals surface area contributed by atoms with Crippen LogP contribution in [0.1, 0.15) is 19.8 Å². The van der Waals surface area contributed by atoms with Gasteiger partial charge in [0.25, 0.3) is 0 Å². The molecule has 1 rings (SSSR count). The second kappa shape index (κ2) is 4.33. The van der Waals surface area contributed by atoms with Crippen molar-refractivity contribution in [3.63, 3.8) is 0 Å². The van der Waals surface area contributed by atoms with Crippen molar-refractivity contribution in [2.24, 2.45) is 0 Å². The summed E-state index contributed by atoms with van der Waals surface area (Å²) in [5.41, 5.74) is -0.593. The van der Waals surface area contributed by atoms with Crippen molar-refractivity contribution >= 4 is 12.1 Å². The summed E-state index contributed by atoms with van der Waals surface area (Å²) in [6.45, 7) is 5.89. The minimum absolute atomic E-state index is 0.0454. The number of amides is 1. The Labute approximate surface area is 88.3 Å². The molecule has 15 heavy (non-hydrogen) atoms. The Morgan fingerprint density at radius 3 is 2.73 bits per heavy atom. The zero-order chi connectivity index (χ0) is 11.5. The average molecular weight is 213 g/mol. The van der Waals surface area contributed by atoms with Crippen LogP contribution >= 0.6 is 0 Å². The lowest BCUT2D eigenvalue weighted by Crippen LogP contribution is -2.61. The van der Waals surface area contributed by atoms with Crippen LogP contribution < -0.4 is 0 Å². The first-order valence-electron chi connectivity index (χ1n) is 4.77. The van der Waals surface area contributed by atoms with Crippen LogP contribution in [0.5, 0.6) is 0 Å². The van der Waals surface area contributed by atoms with Gasteiger partial charge in [-0.05, 0) is 13.3 Å². The number of carbonyl (C=O) groups excluding carboxylic acids is 1. The third-order valence-electron chi connectivity index (χ3n) is 2.60. The van der Waals surface area contributed by atoms with Crippen LogP contribution in [0.25, 0.3) is 0 Å². The maximum atomic E-state index is 11.4. The van der Waals surface area contributed by atoms with Crippen molar-refractivity contribution in [2.75, 3.05) is 13.2 Å². The molecule has 84 valence electrons. The summed E-state index contributed by atoms with van der Waals surface area (Å²) in [4.78, 5) is 23.5. The monoisotopic (exact) mass is 213 g/mol. The van der Waals surface area contributed by atoms with Crippen LogP contribution in [0.3, 0.4) is 0 Å². The number of rotatable bonds is 4. The highest BCUT2D eigenvalue weighted by molar-refractivity contribution is 5.74. The van der Waals surface area contributed by atoms with E-state index in [9.17, 15) is 9.59 Å². The maximum Gasteiger partial charge on any atom is 0.410 e. The van der Waals surface area contributed by atoms with Gasteiger partial charge in [0.15, 0.2) is 0 Å². The Morgan fingerprint density at radius 1 is 1.67 bits per heavy atom. The van der Waals surface area contributed by atoms with Gasteiger partial charge >= 0.3 is 12.1 Å². The fraction of sp³-hybridized carbons (Fsp3) is 0.600. The maximum absolute atomic E-state index is 11.4. The predicted octanol–water partition coefficient (Wildman–Crippen LogP) is 1.25. The molecule has 0 aromatic carbocycles. The van der Waals surface area contributed by atoms with Crippen LogP contribution in [0.4, 0.5) is 4.79 Å². The smallest absolute Gasteiger partial charge is 0.410 e. The molecule has 0 saturated carbocycles. The summed E-state index contributed by atoms with van der Waals surface area (Å²) in [5.74, 6) is -0.904. The summed E-state index contributed by atoms with van der Waals surface area (Å²) < 4.78 is 4.85. The molecule has 5 nitrogen and oxygen atoms in total. The molecule has 0 bridgehead atoms. The molecule has 0 aromatic rings. The van der Waals surface area contributed by atoms with Gasteiger partial charge in [-0.25, -0.2) is 4.79 Å². The first kappa shape index (κ1) is 11.6. The standard InChI is InChI=1S/C10H15NO4/c1-3-6-15-9(14)11-5-4-10(11,2)7-8(12)13/h3H,1,4-7H2,2H3,(H,12,13). The Kier molecular flexibility index (Phi) is 3.34. The third kappa shape index (κ3) is 2.49. The van der Waals surface area contributed by atoms with Gasteiger partial charge in [0, 0.05) is 6.54 Å². The highest BCUT2D eigenvalue weighted by Crippen LogP contribution is 2.33. The molecule has 1 saturated heterocycles. The van der Waals surface area contributed by atoms with Crippen LogP contribution in [0.15, 0.2) is 12.7 Å². The van der Waals surface area contributed by atoms with Gasteiger partial charge in [-0.2, -0.15) is 0 Å². The van der Waals surface area contributed by atoms with Crippen molar-refractivity contribution < 1.29 is 19.4 Å². The molecule has 1 unspecified atom stereocenters. The highest BCUT2D eigenvalue weighted by atomic mass is 16.6. The lowest BCUT2D eigenvalue weighted by molar-refractivity contribution is -0.142. The number of likely N-dealkylation sites (tertiary alicyclic amines) is 1. The number of carboxylic acid groups (broad SMARTS) is 1. The van der Waals surface area contributed by atoms with E-state index in [4.69, 9.17) is 9.84 Å². The van der Waals surface area contributed by atoms with E-state index in [2.05, 4.69) is 6.58 Å². The first-order valence-corrected chi connectivity index (χ1v) is 4.77. The molecule has 1 atom stereocenters. The van der Waals surface area contributed by atoms with E-state index in [0.29, 0.717) is 13.0 Å². The lowest BCUT2D eigenvalue weighted by atomic mass is 9.84. The molecule has 1 aliphatic rings. The number of hydrogen-bond donors (Lipinski definition) is 1. The van der Waals surface area contributed by atoms with E-state index >= 15 is 0 Å². The minimum Gasteiger partial charge on any atom is -0.481 e.